The van der Waals surface area contributed by atoms with Crippen molar-refractivity contribution < 1.29 is 13.2 Å². The fourth-order valence-electron chi connectivity index (χ4n) is 1.00. The molecule has 0 aliphatic carbocycles. The van der Waals surface area contributed by atoms with Crippen LogP contribution in [0.5, 0.6) is 0 Å². The van der Waals surface area contributed by atoms with Gasteiger partial charge >= 0.3 is 0 Å². The van der Waals surface area contributed by atoms with Gasteiger partial charge in [0.1, 0.15) is 5.69 Å². The SMILES string of the molecule is Cc1cc(CN)nc(C(F)F)c1F. The maximum Gasteiger partial charge on any atom is 0.283 e. The van der Waals surface area contributed by atoms with Crippen LogP contribution in [0.15, 0.2) is 6.07 Å². The first-order chi connectivity index (χ1) is 6.06. The number of nitrogens with two attached hydrogens (primary N) is 1. The Bertz CT molecular complexity index is 313. The van der Waals surface area contributed by atoms with Crippen LogP contribution in [0.25, 0.3) is 0 Å². The van der Waals surface area contributed by atoms with Crippen LogP contribution in [0.4, 0.5) is 13.2 Å². The lowest BCUT2D eigenvalue weighted by Crippen LogP contribution is -2.06. The molecule has 0 aliphatic heterocycles. The number of hydrogen-bond donors (Lipinski definition) is 1. The summed E-state index contributed by atoms with van der Waals surface area (Å²) in [6.07, 6.45) is -2.90. The summed E-state index contributed by atoms with van der Waals surface area (Å²) in [6, 6.07) is 1.36. The molecule has 2 nitrogen and oxygen atoms in total. The molecule has 1 aromatic heterocycles. The molecule has 2 N–H and O–H groups in total. The van der Waals surface area contributed by atoms with E-state index in [1.165, 1.54) is 13.0 Å². The van der Waals surface area contributed by atoms with Crippen molar-refractivity contribution >= 4 is 0 Å². The third kappa shape index (κ3) is 1.98. The Balaban J connectivity index is 3.25. The second kappa shape index (κ2) is 3.74. The number of aryl methyl sites for hydroxylation is 1. The molecule has 1 aromatic rings. The van der Waals surface area contributed by atoms with E-state index in [0.717, 1.165) is 0 Å². The van der Waals surface area contributed by atoms with Crippen LogP contribution < -0.4 is 5.73 Å². The average molecular weight is 190 g/mol. The molecule has 0 atom stereocenters. The second-order valence-corrected chi connectivity index (χ2v) is 2.63. The lowest BCUT2D eigenvalue weighted by Gasteiger charge is -2.06. The van der Waals surface area contributed by atoms with E-state index in [-0.39, 0.29) is 17.8 Å². The van der Waals surface area contributed by atoms with Crippen molar-refractivity contribution in [2.24, 2.45) is 5.73 Å². The number of pyridine rings is 1. The lowest BCUT2D eigenvalue weighted by atomic mass is 10.2. The number of rotatable bonds is 2. The molecule has 13 heavy (non-hydrogen) atoms. The molecule has 0 fully saturated rings. The van der Waals surface area contributed by atoms with E-state index in [4.69, 9.17) is 5.73 Å². The number of aromatic nitrogens is 1. The molecule has 0 saturated carbocycles. The smallest absolute Gasteiger partial charge is 0.283 e. The van der Waals surface area contributed by atoms with Crippen LogP contribution in [0.1, 0.15) is 23.4 Å². The lowest BCUT2D eigenvalue weighted by molar-refractivity contribution is 0.140. The molecule has 0 unspecified atom stereocenters. The van der Waals surface area contributed by atoms with Crippen LogP contribution in [0.2, 0.25) is 0 Å². The second-order valence-electron chi connectivity index (χ2n) is 2.63. The van der Waals surface area contributed by atoms with Gasteiger partial charge in [0.05, 0.1) is 5.69 Å². The van der Waals surface area contributed by atoms with Crippen molar-refractivity contribution in [1.82, 2.24) is 4.98 Å². The van der Waals surface area contributed by atoms with Gasteiger partial charge in [-0.05, 0) is 18.6 Å². The van der Waals surface area contributed by atoms with E-state index in [1.54, 1.807) is 0 Å². The maximum atomic E-state index is 13.0. The minimum Gasteiger partial charge on any atom is -0.325 e. The highest BCUT2D eigenvalue weighted by atomic mass is 19.3. The number of alkyl halides is 2. The number of hydrogen-bond acceptors (Lipinski definition) is 2. The Labute approximate surface area is 73.6 Å². The van der Waals surface area contributed by atoms with Gasteiger partial charge in [-0.2, -0.15) is 0 Å². The van der Waals surface area contributed by atoms with E-state index < -0.39 is 17.9 Å². The Hall–Kier alpha value is -1.10. The van der Waals surface area contributed by atoms with E-state index in [1.807, 2.05) is 0 Å². The largest absolute Gasteiger partial charge is 0.325 e. The summed E-state index contributed by atoms with van der Waals surface area (Å²) in [5.41, 5.74) is 4.81. The first-order valence-electron chi connectivity index (χ1n) is 3.70. The van der Waals surface area contributed by atoms with Crippen LogP contribution >= 0.6 is 0 Å². The van der Waals surface area contributed by atoms with Gasteiger partial charge in [-0.1, -0.05) is 0 Å². The highest BCUT2D eigenvalue weighted by Gasteiger charge is 2.17. The average Bonchev–Trinajstić information content (AvgIpc) is 2.09. The Morgan fingerprint density at radius 1 is 1.54 bits per heavy atom. The third-order valence-electron chi connectivity index (χ3n) is 1.63. The predicted molar refractivity (Wildman–Crippen MR) is 41.8 cm³/mol. The van der Waals surface area contributed by atoms with Gasteiger partial charge in [0.2, 0.25) is 0 Å². The molecule has 0 aliphatic rings. The van der Waals surface area contributed by atoms with Crippen molar-refractivity contribution in [3.05, 3.63) is 28.8 Å². The van der Waals surface area contributed by atoms with Gasteiger partial charge in [0.15, 0.2) is 5.82 Å². The normalized spacial score (nSPS) is 10.9. The molecular formula is C8H9F3N2. The van der Waals surface area contributed by atoms with Crippen LogP contribution in [-0.2, 0) is 6.54 Å². The van der Waals surface area contributed by atoms with E-state index in [0.29, 0.717) is 0 Å². The molecule has 0 bridgehead atoms. The summed E-state index contributed by atoms with van der Waals surface area (Å²) in [5.74, 6) is -0.952. The highest BCUT2D eigenvalue weighted by molar-refractivity contribution is 5.23. The van der Waals surface area contributed by atoms with Crippen molar-refractivity contribution in [2.75, 3.05) is 0 Å². The van der Waals surface area contributed by atoms with Gasteiger partial charge in [-0.15, -0.1) is 0 Å². The monoisotopic (exact) mass is 190 g/mol. The van der Waals surface area contributed by atoms with Crippen molar-refractivity contribution in [3.63, 3.8) is 0 Å². The van der Waals surface area contributed by atoms with Crippen LogP contribution in [0.3, 0.4) is 0 Å². The molecular weight excluding hydrogens is 181 g/mol. The molecule has 5 heteroatoms. The molecule has 1 heterocycles. The summed E-state index contributed by atoms with van der Waals surface area (Å²) in [7, 11) is 0. The van der Waals surface area contributed by atoms with E-state index in [2.05, 4.69) is 4.98 Å². The zero-order valence-corrected chi connectivity index (χ0v) is 7.02. The predicted octanol–water partition coefficient (Wildman–Crippen LogP) is 1.93. The van der Waals surface area contributed by atoms with Gasteiger partial charge < -0.3 is 5.73 Å². The fraction of sp³-hybridized carbons (Fsp3) is 0.375. The minimum absolute atomic E-state index is 0.0286. The molecule has 1 rings (SSSR count). The topological polar surface area (TPSA) is 38.9 Å². The Kier molecular flexibility index (Phi) is 2.87. The first kappa shape index (κ1) is 9.98. The minimum atomic E-state index is -2.90. The summed E-state index contributed by atoms with van der Waals surface area (Å²) in [4.78, 5) is 3.40. The van der Waals surface area contributed by atoms with E-state index in [9.17, 15) is 13.2 Å². The summed E-state index contributed by atoms with van der Waals surface area (Å²) in [6.45, 7) is 1.43. The first-order valence-corrected chi connectivity index (χ1v) is 3.70. The Morgan fingerprint density at radius 2 is 2.15 bits per heavy atom. The maximum absolute atomic E-state index is 13.0. The highest BCUT2D eigenvalue weighted by Crippen LogP contribution is 2.22. The van der Waals surface area contributed by atoms with Crippen LogP contribution in [-0.4, -0.2) is 4.98 Å². The van der Waals surface area contributed by atoms with Gasteiger partial charge in [0, 0.05) is 6.54 Å². The molecule has 72 valence electrons. The van der Waals surface area contributed by atoms with Gasteiger partial charge in [-0.25, -0.2) is 18.2 Å². The van der Waals surface area contributed by atoms with Crippen molar-refractivity contribution in [3.8, 4) is 0 Å². The van der Waals surface area contributed by atoms with E-state index >= 15 is 0 Å². The zero-order valence-electron chi connectivity index (χ0n) is 7.02. The molecule has 0 saturated heterocycles. The molecule has 0 radical (unpaired) electrons. The van der Waals surface area contributed by atoms with Crippen molar-refractivity contribution in [2.45, 2.75) is 19.9 Å². The quantitative estimate of drug-likeness (QED) is 0.773. The van der Waals surface area contributed by atoms with Gasteiger partial charge in [-0.3, -0.25) is 0 Å². The van der Waals surface area contributed by atoms with Crippen LogP contribution in [0, 0.1) is 12.7 Å². The Morgan fingerprint density at radius 3 is 2.62 bits per heavy atom. The summed E-state index contributed by atoms with van der Waals surface area (Å²) < 4.78 is 37.3. The molecule has 0 aromatic carbocycles. The zero-order chi connectivity index (χ0) is 10.0. The number of nitrogens with zero attached hydrogens (tertiary/aromatic N) is 1. The fourth-order valence-corrected chi connectivity index (χ4v) is 1.00. The third-order valence-corrected chi connectivity index (χ3v) is 1.63. The number of halogens is 3. The summed E-state index contributed by atoms with van der Waals surface area (Å²) >= 11 is 0. The standard InChI is InChI=1S/C8H9F3N2/c1-4-2-5(3-12)13-7(6(4)9)8(10)11/h2,8H,3,12H2,1H3. The van der Waals surface area contributed by atoms with Crippen molar-refractivity contribution in [1.29, 1.82) is 0 Å². The van der Waals surface area contributed by atoms with Gasteiger partial charge in [0.25, 0.3) is 6.43 Å². The summed E-state index contributed by atoms with van der Waals surface area (Å²) in [5, 5.41) is 0. The molecule has 0 amide bonds. The molecule has 0 spiro atoms.